The van der Waals surface area contributed by atoms with E-state index < -0.39 is 17.7 Å². The zero-order valence-corrected chi connectivity index (χ0v) is 18.1. The SMILES string of the molecule is O=C1C(=O)N(c2nc3ccccc3s2)C(c2cccnc2)/C1=C(\O)c1ccc2c(c1)CCO2. The lowest BCUT2D eigenvalue weighted by atomic mass is 9.95. The first kappa shape index (κ1) is 19.6. The number of benzene rings is 2. The minimum absolute atomic E-state index is 0.0196. The number of carbonyl (C=O) groups is 2. The lowest BCUT2D eigenvalue weighted by Crippen LogP contribution is -2.29. The van der Waals surface area contributed by atoms with Gasteiger partial charge in [-0.25, -0.2) is 4.98 Å². The third-order valence-electron chi connectivity index (χ3n) is 5.90. The average Bonchev–Trinajstić information content (AvgIpc) is 3.55. The van der Waals surface area contributed by atoms with E-state index in [1.54, 1.807) is 36.7 Å². The molecule has 0 spiro atoms. The van der Waals surface area contributed by atoms with Gasteiger partial charge < -0.3 is 9.84 Å². The zero-order chi connectivity index (χ0) is 22.5. The summed E-state index contributed by atoms with van der Waals surface area (Å²) < 4.78 is 6.45. The molecule has 0 aliphatic carbocycles. The van der Waals surface area contributed by atoms with Crippen molar-refractivity contribution >= 4 is 44.1 Å². The van der Waals surface area contributed by atoms with Crippen molar-refractivity contribution in [3.8, 4) is 5.75 Å². The number of anilines is 1. The number of Topliss-reactive ketones (excluding diaryl/α,β-unsaturated/α-hetero) is 1. The maximum Gasteiger partial charge on any atom is 0.301 e. The Labute approximate surface area is 192 Å². The summed E-state index contributed by atoms with van der Waals surface area (Å²) in [6, 6.07) is 15.5. The van der Waals surface area contributed by atoms with Crippen LogP contribution in [-0.4, -0.2) is 33.4 Å². The molecule has 162 valence electrons. The van der Waals surface area contributed by atoms with E-state index in [-0.39, 0.29) is 11.3 Å². The minimum Gasteiger partial charge on any atom is -0.507 e. The van der Waals surface area contributed by atoms with Gasteiger partial charge in [0, 0.05) is 24.4 Å². The molecule has 4 aromatic rings. The predicted octanol–water partition coefficient (Wildman–Crippen LogP) is 4.25. The largest absolute Gasteiger partial charge is 0.507 e. The number of nitrogens with zero attached hydrogens (tertiary/aromatic N) is 3. The van der Waals surface area contributed by atoms with E-state index in [0.717, 1.165) is 28.0 Å². The van der Waals surface area contributed by atoms with Crippen molar-refractivity contribution in [3.63, 3.8) is 0 Å². The highest BCUT2D eigenvalue weighted by Gasteiger charge is 2.48. The van der Waals surface area contributed by atoms with Gasteiger partial charge in [0.25, 0.3) is 5.78 Å². The Hall–Kier alpha value is -4.04. The molecule has 7 nitrogen and oxygen atoms in total. The van der Waals surface area contributed by atoms with Crippen molar-refractivity contribution in [1.29, 1.82) is 0 Å². The Balaban J connectivity index is 1.55. The van der Waals surface area contributed by atoms with E-state index >= 15 is 0 Å². The zero-order valence-electron chi connectivity index (χ0n) is 17.3. The lowest BCUT2D eigenvalue weighted by molar-refractivity contribution is -0.132. The summed E-state index contributed by atoms with van der Waals surface area (Å²) in [5, 5.41) is 11.7. The normalized spacial score (nSPS) is 19.2. The van der Waals surface area contributed by atoms with Gasteiger partial charge in [-0.2, -0.15) is 0 Å². The van der Waals surface area contributed by atoms with Gasteiger partial charge in [0.05, 0.1) is 28.4 Å². The van der Waals surface area contributed by atoms with Crippen LogP contribution < -0.4 is 9.64 Å². The lowest BCUT2D eigenvalue weighted by Gasteiger charge is -2.22. The van der Waals surface area contributed by atoms with Crippen LogP contribution in [0.2, 0.25) is 0 Å². The van der Waals surface area contributed by atoms with Gasteiger partial charge in [0.2, 0.25) is 0 Å². The van der Waals surface area contributed by atoms with E-state index in [0.29, 0.717) is 22.9 Å². The second-order valence-electron chi connectivity index (χ2n) is 7.84. The number of ketones is 1. The fourth-order valence-electron chi connectivity index (χ4n) is 4.34. The number of pyridine rings is 1. The van der Waals surface area contributed by atoms with Crippen molar-refractivity contribution in [3.05, 3.63) is 89.3 Å². The molecule has 0 bridgehead atoms. The van der Waals surface area contributed by atoms with Gasteiger partial charge in [0.1, 0.15) is 11.5 Å². The molecule has 1 saturated heterocycles. The van der Waals surface area contributed by atoms with Gasteiger partial charge in [-0.1, -0.05) is 29.5 Å². The molecule has 0 saturated carbocycles. The Morgan fingerprint density at radius 3 is 2.82 bits per heavy atom. The fourth-order valence-corrected chi connectivity index (χ4v) is 5.33. The third kappa shape index (κ3) is 3.10. The number of rotatable bonds is 3. The van der Waals surface area contributed by atoms with Crippen LogP contribution in [0.4, 0.5) is 5.13 Å². The first-order chi connectivity index (χ1) is 16.1. The van der Waals surface area contributed by atoms with Crippen LogP contribution in [0.5, 0.6) is 5.75 Å². The number of para-hydroxylation sites is 1. The van der Waals surface area contributed by atoms with Gasteiger partial charge in [-0.3, -0.25) is 19.5 Å². The van der Waals surface area contributed by atoms with Crippen LogP contribution in [0.15, 0.2) is 72.6 Å². The highest BCUT2D eigenvalue weighted by atomic mass is 32.1. The average molecular weight is 455 g/mol. The molecule has 1 unspecified atom stereocenters. The monoisotopic (exact) mass is 455 g/mol. The van der Waals surface area contributed by atoms with Crippen LogP contribution in [0, 0.1) is 0 Å². The predicted molar refractivity (Wildman–Crippen MR) is 124 cm³/mol. The van der Waals surface area contributed by atoms with E-state index in [1.807, 2.05) is 30.3 Å². The number of fused-ring (bicyclic) bond motifs is 2. The van der Waals surface area contributed by atoms with Gasteiger partial charge in [0.15, 0.2) is 5.13 Å². The molecule has 0 radical (unpaired) electrons. The third-order valence-corrected chi connectivity index (χ3v) is 6.93. The van der Waals surface area contributed by atoms with Gasteiger partial charge in [-0.05, 0) is 47.5 Å². The Morgan fingerprint density at radius 2 is 2.00 bits per heavy atom. The first-order valence-electron chi connectivity index (χ1n) is 10.4. The molecule has 2 aliphatic heterocycles. The topological polar surface area (TPSA) is 92.6 Å². The molecule has 8 heteroatoms. The molecule has 2 aromatic heterocycles. The summed E-state index contributed by atoms with van der Waals surface area (Å²) in [5.41, 5.74) is 2.80. The summed E-state index contributed by atoms with van der Waals surface area (Å²) in [6.45, 7) is 0.581. The summed E-state index contributed by atoms with van der Waals surface area (Å²) >= 11 is 1.33. The molecule has 33 heavy (non-hydrogen) atoms. The molecular formula is C25H17N3O4S. The highest BCUT2D eigenvalue weighted by molar-refractivity contribution is 7.22. The Morgan fingerprint density at radius 1 is 1.12 bits per heavy atom. The quantitative estimate of drug-likeness (QED) is 0.282. The second-order valence-corrected chi connectivity index (χ2v) is 8.85. The summed E-state index contributed by atoms with van der Waals surface area (Å²) in [7, 11) is 0. The van der Waals surface area contributed by atoms with E-state index in [1.165, 1.54) is 16.2 Å². The van der Waals surface area contributed by atoms with Crippen LogP contribution in [0.25, 0.3) is 16.0 Å². The number of carbonyl (C=O) groups excluding carboxylic acids is 2. The molecule has 2 aliphatic rings. The number of ether oxygens (including phenoxy) is 1. The smallest absolute Gasteiger partial charge is 0.301 e. The Bertz CT molecular complexity index is 1430. The van der Waals surface area contributed by atoms with Crippen molar-refractivity contribution < 1.29 is 19.4 Å². The van der Waals surface area contributed by atoms with Crippen LogP contribution >= 0.6 is 11.3 Å². The van der Waals surface area contributed by atoms with Crippen LogP contribution in [0.3, 0.4) is 0 Å². The molecule has 1 N–H and O–H groups in total. The number of amides is 1. The van der Waals surface area contributed by atoms with E-state index in [2.05, 4.69) is 9.97 Å². The van der Waals surface area contributed by atoms with Crippen molar-refractivity contribution in [2.75, 3.05) is 11.5 Å². The number of aromatic nitrogens is 2. The fraction of sp³-hybridized carbons (Fsp3) is 0.120. The molecule has 6 rings (SSSR count). The first-order valence-corrected chi connectivity index (χ1v) is 11.3. The molecule has 1 atom stereocenters. The van der Waals surface area contributed by atoms with Crippen molar-refractivity contribution in [2.45, 2.75) is 12.5 Å². The summed E-state index contributed by atoms with van der Waals surface area (Å²) in [4.78, 5) is 36.7. The number of aliphatic hydroxyl groups is 1. The molecule has 4 heterocycles. The number of hydrogen-bond donors (Lipinski definition) is 1. The molecule has 1 amide bonds. The molecule has 2 aromatic carbocycles. The standard InChI is InChI=1S/C25H17N3O4S/c29-22(15-7-8-18-14(12-15)9-11-32-18)20-21(16-4-3-10-26-13-16)28(24(31)23(20)30)25-27-17-5-1-2-6-19(17)33-25/h1-8,10,12-13,21,29H,9,11H2/b22-20+. The van der Waals surface area contributed by atoms with Crippen molar-refractivity contribution in [1.82, 2.24) is 9.97 Å². The highest BCUT2D eigenvalue weighted by Crippen LogP contribution is 2.44. The van der Waals surface area contributed by atoms with Gasteiger partial charge >= 0.3 is 5.91 Å². The maximum atomic E-state index is 13.3. The van der Waals surface area contributed by atoms with Crippen molar-refractivity contribution in [2.24, 2.45) is 0 Å². The van der Waals surface area contributed by atoms with Crippen LogP contribution in [0.1, 0.15) is 22.7 Å². The summed E-state index contributed by atoms with van der Waals surface area (Å²) in [5.74, 6) is -0.933. The summed E-state index contributed by atoms with van der Waals surface area (Å²) in [6.07, 6.45) is 3.94. The van der Waals surface area contributed by atoms with E-state index in [4.69, 9.17) is 4.74 Å². The molecule has 1 fully saturated rings. The van der Waals surface area contributed by atoms with Crippen LogP contribution in [-0.2, 0) is 16.0 Å². The molecular weight excluding hydrogens is 438 g/mol. The minimum atomic E-state index is -0.844. The Kier molecular flexibility index (Phi) is 4.48. The maximum absolute atomic E-state index is 13.3. The number of hydrogen-bond acceptors (Lipinski definition) is 7. The number of aliphatic hydroxyl groups excluding tert-OH is 1. The number of thiazole rings is 1. The second kappa shape index (κ2) is 7.53. The van der Waals surface area contributed by atoms with Gasteiger partial charge in [-0.15, -0.1) is 0 Å². The van der Waals surface area contributed by atoms with E-state index in [9.17, 15) is 14.7 Å².